The summed E-state index contributed by atoms with van der Waals surface area (Å²) in [5, 5.41) is 1.62. The van der Waals surface area contributed by atoms with Crippen LogP contribution in [0.2, 0.25) is 5.02 Å². The molecule has 1 N–H and O–H groups in total. The summed E-state index contributed by atoms with van der Waals surface area (Å²) in [6, 6.07) is 9.61. The molecular weight excluding hydrogens is 234 g/mol. The average Bonchev–Trinajstić information content (AvgIpc) is 2.77. The van der Waals surface area contributed by atoms with Gasteiger partial charge in [-0.2, -0.15) is 0 Å². The van der Waals surface area contributed by atoms with Crippen molar-refractivity contribution >= 4 is 22.6 Å². The molecule has 0 aliphatic heterocycles. The molecule has 3 aromatic rings. The Morgan fingerprint density at radius 3 is 2.82 bits per heavy atom. The highest BCUT2D eigenvalue weighted by molar-refractivity contribution is 6.35. The number of hydrogen-bond acceptors (Lipinski definition) is 2. The van der Waals surface area contributed by atoms with Gasteiger partial charge in [0.1, 0.15) is 5.65 Å². The maximum Gasteiger partial charge on any atom is 0.139 e. The molecular formula is C13H10ClN3. The number of aromatic amines is 1. The minimum Gasteiger partial charge on any atom is -0.346 e. The third-order valence-electron chi connectivity index (χ3n) is 2.63. The molecule has 0 bridgehead atoms. The van der Waals surface area contributed by atoms with Crippen molar-refractivity contribution in [2.75, 3.05) is 0 Å². The van der Waals surface area contributed by atoms with Gasteiger partial charge in [0, 0.05) is 17.3 Å². The van der Waals surface area contributed by atoms with Gasteiger partial charge in [-0.25, -0.2) is 4.98 Å². The lowest BCUT2D eigenvalue weighted by atomic mass is 10.2. The Morgan fingerprint density at radius 1 is 1.12 bits per heavy atom. The summed E-state index contributed by atoms with van der Waals surface area (Å²) < 4.78 is 0. The third kappa shape index (κ3) is 1.78. The van der Waals surface area contributed by atoms with Crippen LogP contribution in [0.15, 0.2) is 36.5 Å². The smallest absolute Gasteiger partial charge is 0.139 e. The van der Waals surface area contributed by atoms with Crippen LogP contribution in [0.4, 0.5) is 0 Å². The van der Waals surface area contributed by atoms with Gasteiger partial charge in [-0.05, 0) is 31.2 Å². The van der Waals surface area contributed by atoms with E-state index in [1.54, 1.807) is 0 Å². The van der Waals surface area contributed by atoms with E-state index in [-0.39, 0.29) is 0 Å². The van der Waals surface area contributed by atoms with Gasteiger partial charge >= 0.3 is 0 Å². The lowest BCUT2D eigenvalue weighted by molar-refractivity contribution is 1.18. The Morgan fingerprint density at radius 2 is 2.00 bits per heavy atom. The van der Waals surface area contributed by atoms with E-state index in [2.05, 4.69) is 15.0 Å². The topological polar surface area (TPSA) is 41.6 Å². The standard InChI is InChI=1S/C13H10ClN3/c1-8-3-2-4-11(16-8)12-7-10(14)9-5-6-15-13(9)17-12/h2-7H,1H3,(H,15,17). The molecule has 17 heavy (non-hydrogen) atoms. The summed E-state index contributed by atoms with van der Waals surface area (Å²) in [5.41, 5.74) is 3.37. The molecule has 3 nitrogen and oxygen atoms in total. The fourth-order valence-corrected chi connectivity index (χ4v) is 2.07. The Balaban J connectivity index is 2.23. The Kier molecular flexibility index (Phi) is 2.34. The van der Waals surface area contributed by atoms with E-state index in [0.29, 0.717) is 5.02 Å². The molecule has 3 rings (SSSR count). The van der Waals surface area contributed by atoms with Crippen molar-refractivity contribution in [2.24, 2.45) is 0 Å². The lowest BCUT2D eigenvalue weighted by Crippen LogP contribution is -1.90. The normalized spacial score (nSPS) is 10.9. The summed E-state index contributed by atoms with van der Waals surface area (Å²) in [6.07, 6.45) is 1.83. The molecule has 0 aliphatic rings. The van der Waals surface area contributed by atoms with Gasteiger partial charge in [-0.3, -0.25) is 4.98 Å². The zero-order valence-electron chi connectivity index (χ0n) is 9.24. The molecule has 0 atom stereocenters. The van der Waals surface area contributed by atoms with Crippen LogP contribution in [-0.2, 0) is 0 Å². The molecule has 0 aliphatic carbocycles. The van der Waals surface area contributed by atoms with Gasteiger partial charge < -0.3 is 4.98 Å². The van der Waals surface area contributed by atoms with E-state index >= 15 is 0 Å². The van der Waals surface area contributed by atoms with Gasteiger partial charge in [0.15, 0.2) is 0 Å². The van der Waals surface area contributed by atoms with Crippen LogP contribution in [0.25, 0.3) is 22.4 Å². The Hall–Kier alpha value is -1.87. The zero-order valence-corrected chi connectivity index (χ0v) is 9.99. The minimum atomic E-state index is 0.689. The average molecular weight is 244 g/mol. The number of aromatic nitrogens is 3. The van der Waals surface area contributed by atoms with Crippen LogP contribution >= 0.6 is 11.6 Å². The molecule has 0 amide bonds. The van der Waals surface area contributed by atoms with Crippen molar-refractivity contribution in [3.63, 3.8) is 0 Å². The van der Waals surface area contributed by atoms with Crippen LogP contribution in [0.1, 0.15) is 5.69 Å². The summed E-state index contributed by atoms with van der Waals surface area (Å²) in [6.45, 7) is 1.96. The number of H-pyrrole nitrogens is 1. The van der Waals surface area contributed by atoms with E-state index in [9.17, 15) is 0 Å². The number of fused-ring (bicyclic) bond motifs is 1. The van der Waals surface area contributed by atoms with Gasteiger partial charge in [0.2, 0.25) is 0 Å². The van der Waals surface area contributed by atoms with Crippen molar-refractivity contribution < 1.29 is 0 Å². The highest BCUT2D eigenvalue weighted by atomic mass is 35.5. The van der Waals surface area contributed by atoms with Gasteiger partial charge in [0.25, 0.3) is 0 Å². The number of aryl methyl sites for hydroxylation is 1. The second-order valence-corrected chi connectivity index (χ2v) is 4.30. The van der Waals surface area contributed by atoms with Gasteiger partial charge in [-0.1, -0.05) is 17.7 Å². The second kappa shape index (κ2) is 3.86. The van der Waals surface area contributed by atoms with Crippen molar-refractivity contribution in [3.05, 3.63) is 47.2 Å². The van der Waals surface area contributed by atoms with E-state index in [1.807, 2.05) is 43.5 Å². The Bertz CT molecular complexity index is 688. The molecule has 84 valence electrons. The van der Waals surface area contributed by atoms with Crippen LogP contribution in [-0.4, -0.2) is 15.0 Å². The van der Waals surface area contributed by atoms with Crippen molar-refractivity contribution in [1.82, 2.24) is 15.0 Å². The van der Waals surface area contributed by atoms with E-state index in [1.165, 1.54) is 0 Å². The molecule has 3 aromatic heterocycles. The van der Waals surface area contributed by atoms with E-state index in [4.69, 9.17) is 11.6 Å². The van der Waals surface area contributed by atoms with Crippen LogP contribution in [0.5, 0.6) is 0 Å². The maximum absolute atomic E-state index is 6.21. The predicted octanol–water partition coefficient (Wildman–Crippen LogP) is 3.59. The fraction of sp³-hybridized carbons (Fsp3) is 0.0769. The molecule has 0 fully saturated rings. The number of pyridine rings is 2. The number of rotatable bonds is 1. The monoisotopic (exact) mass is 243 g/mol. The number of nitrogens with one attached hydrogen (secondary N) is 1. The minimum absolute atomic E-state index is 0.689. The predicted molar refractivity (Wildman–Crippen MR) is 69.1 cm³/mol. The molecule has 0 spiro atoms. The highest BCUT2D eigenvalue weighted by Gasteiger charge is 2.07. The number of nitrogens with zero attached hydrogens (tertiary/aromatic N) is 2. The quantitative estimate of drug-likeness (QED) is 0.710. The lowest BCUT2D eigenvalue weighted by Gasteiger charge is -2.02. The van der Waals surface area contributed by atoms with Crippen LogP contribution in [0.3, 0.4) is 0 Å². The van der Waals surface area contributed by atoms with Crippen LogP contribution < -0.4 is 0 Å². The largest absolute Gasteiger partial charge is 0.346 e. The van der Waals surface area contributed by atoms with Crippen molar-refractivity contribution in [2.45, 2.75) is 6.92 Å². The first kappa shape index (κ1) is 10.3. The first-order chi connectivity index (χ1) is 8.24. The van der Waals surface area contributed by atoms with E-state index in [0.717, 1.165) is 28.1 Å². The molecule has 0 radical (unpaired) electrons. The van der Waals surface area contributed by atoms with Crippen molar-refractivity contribution in [1.29, 1.82) is 0 Å². The third-order valence-corrected chi connectivity index (χ3v) is 2.94. The molecule has 0 unspecified atom stereocenters. The summed E-state index contributed by atoms with van der Waals surface area (Å²) in [4.78, 5) is 12.0. The van der Waals surface area contributed by atoms with Gasteiger partial charge in [-0.15, -0.1) is 0 Å². The van der Waals surface area contributed by atoms with Crippen LogP contribution in [0, 0.1) is 6.92 Å². The molecule has 4 heteroatoms. The zero-order chi connectivity index (χ0) is 11.8. The second-order valence-electron chi connectivity index (χ2n) is 3.89. The summed E-state index contributed by atoms with van der Waals surface area (Å²) >= 11 is 6.21. The first-order valence-electron chi connectivity index (χ1n) is 5.32. The summed E-state index contributed by atoms with van der Waals surface area (Å²) in [7, 11) is 0. The number of halogens is 1. The first-order valence-corrected chi connectivity index (χ1v) is 5.69. The Labute approximate surface area is 103 Å². The molecule has 0 aromatic carbocycles. The SMILES string of the molecule is Cc1cccc(-c2cc(Cl)c3cc[nH]c3n2)n1. The highest BCUT2D eigenvalue weighted by Crippen LogP contribution is 2.26. The molecule has 0 saturated carbocycles. The van der Waals surface area contributed by atoms with Crippen molar-refractivity contribution in [3.8, 4) is 11.4 Å². The van der Waals surface area contributed by atoms with Gasteiger partial charge in [0.05, 0.1) is 16.4 Å². The number of hydrogen-bond donors (Lipinski definition) is 1. The summed E-state index contributed by atoms with van der Waals surface area (Å²) in [5.74, 6) is 0. The fourth-order valence-electron chi connectivity index (χ4n) is 1.81. The maximum atomic E-state index is 6.21. The molecule has 0 saturated heterocycles. The molecule has 3 heterocycles. The van der Waals surface area contributed by atoms with E-state index < -0.39 is 0 Å².